The third-order valence-electron chi connectivity index (χ3n) is 3.41. The summed E-state index contributed by atoms with van der Waals surface area (Å²) in [6.07, 6.45) is 0.725. The number of nitrogens with zero attached hydrogens (tertiary/aromatic N) is 1. The zero-order chi connectivity index (χ0) is 15.8. The lowest BCUT2D eigenvalue weighted by atomic mass is 10.2. The largest absolute Gasteiger partial charge is 0.494 e. The van der Waals surface area contributed by atoms with Crippen molar-refractivity contribution in [1.29, 1.82) is 0 Å². The standard InChI is InChI=1S/C16H23NO5/c1-17(8-6-15(18)19)7-3-9-20-14-5-2-4-13(12-14)16-21-10-11-22-16/h2,4-5,12,16H,3,6-11H2,1H3,(H,18,19). The Morgan fingerprint density at radius 1 is 1.36 bits per heavy atom. The van der Waals surface area contributed by atoms with Crippen molar-refractivity contribution in [2.75, 3.05) is 40.0 Å². The van der Waals surface area contributed by atoms with E-state index in [0.29, 0.717) is 26.4 Å². The van der Waals surface area contributed by atoms with Crippen LogP contribution >= 0.6 is 0 Å². The molecule has 22 heavy (non-hydrogen) atoms. The summed E-state index contributed by atoms with van der Waals surface area (Å²) in [6, 6.07) is 7.73. The minimum Gasteiger partial charge on any atom is -0.494 e. The lowest BCUT2D eigenvalue weighted by molar-refractivity contribution is -0.137. The van der Waals surface area contributed by atoms with Crippen molar-refractivity contribution >= 4 is 5.97 Å². The average molecular weight is 309 g/mol. The van der Waals surface area contributed by atoms with Gasteiger partial charge < -0.3 is 24.2 Å². The van der Waals surface area contributed by atoms with Crippen molar-refractivity contribution in [1.82, 2.24) is 4.90 Å². The van der Waals surface area contributed by atoms with E-state index in [0.717, 1.165) is 24.3 Å². The molecular formula is C16H23NO5. The lowest BCUT2D eigenvalue weighted by Crippen LogP contribution is -2.24. The molecule has 1 aromatic rings. The van der Waals surface area contributed by atoms with Gasteiger partial charge in [-0.15, -0.1) is 0 Å². The first-order valence-corrected chi connectivity index (χ1v) is 7.51. The molecule has 0 unspecified atom stereocenters. The fourth-order valence-corrected chi connectivity index (χ4v) is 2.22. The predicted octanol–water partition coefficient (Wildman–Crippen LogP) is 1.91. The normalized spacial score (nSPS) is 15.4. The maximum Gasteiger partial charge on any atom is 0.304 e. The number of hydrogen-bond donors (Lipinski definition) is 1. The van der Waals surface area contributed by atoms with E-state index in [1.165, 1.54) is 0 Å². The van der Waals surface area contributed by atoms with Crippen LogP contribution in [0.2, 0.25) is 0 Å². The number of ether oxygens (including phenoxy) is 3. The fraction of sp³-hybridized carbons (Fsp3) is 0.562. The molecule has 1 saturated heterocycles. The Hall–Kier alpha value is -1.63. The van der Waals surface area contributed by atoms with E-state index in [1.54, 1.807) is 0 Å². The number of benzene rings is 1. The van der Waals surface area contributed by atoms with Crippen molar-refractivity contribution in [3.8, 4) is 5.75 Å². The van der Waals surface area contributed by atoms with E-state index in [4.69, 9.17) is 19.3 Å². The molecule has 0 atom stereocenters. The molecule has 1 heterocycles. The van der Waals surface area contributed by atoms with Gasteiger partial charge in [0.05, 0.1) is 26.2 Å². The first-order valence-electron chi connectivity index (χ1n) is 7.51. The van der Waals surface area contributed by atoms with Crippen LogP contribution in [0, 0.1) is 0 Å². The van der Waals surface area contributed by atoms with Crippen LogP contribution in [0.15, 0.2) is 24.3 Å². The van der Waals surface area contributed by atoms with Gasteiger partial charge in [0.2, 0.25) is 0 Å². The molecule has 0 spiro atoms. The molecule has 2 rings (SSSR count). The smallest absolute Gasteiger partial charge is 0.304 e. The molecule has 1 aromatic carbocycles. The SMILES string of the molecule is CN(CCCOc1cccc(C2OCCO2)c1)CCC(=O)O. The summed E-state index contributed by atoms with van der Waals surface area (Å²) >= 11 is 0. The molecule has 1 aliphatic heterocycles. The van der Waals surface area contributed by atoms with Crippen LogP contribution in [-0.4, -0.2) is 55.9 Å². The number of aliphatic carboxylic acids is 1. The molecule has 6 nitrogen and oxygen atoms in total. The molecule has 0 radical (unpaired) electrons. The molecule has 1 aliphatic rings. The first kappa shape index (κ1) is 16.7. The molecule has 1 fully saturated rings. The minimum absolute atomic E-state index is 0.167. The van der Waals surface area contributed by atoms with E-state index in [9.17, 15) is 4.79 Å². The average Bonchev–Trinajstić information content (AvgIpc) is 3.04. The van der Waals surface area contributed by atoms with E-state index in [1.807, 2.05) is 36.2 Å². The summed E-state index contributed by atoms with van der Waals surface area (Å²) in [4.78, 5) is 12.5. The summed E-state index contributed by atoms with van der Waals surface area (Å²) in [5.74, 6) is 0.0288. The molecule has 122 valence electrons. The van der Waals surface area contributed by atoms with Crippen LogP contribution in [0.1, 0.15) is 24.7 Å². The Morgan fingerprint density at radius 3 is 2.86 bits per heavy atom. The highest BCUT2D eigenvalue weighted by atomic mass is 16.7. The lowest BCUT2D eigenvalue weighted by Gasteiger charge is -2.16. The van der Waals surface area contributed by atoms with Crippen molar-refractivity contribution in [2.45, 2.75) is 19.1 Å². The Balaban J connectivity index is 1.68. The van der Waals surface area contributed by atoms with Gasteiger partial charge in [0.25, 0.3) is 0 Å². The molecule has 0 amide bonds. The van der Waals surface area contributed by atoms with Gasteiger partial charge in [0, 0.05) is 18.7 Å². The zero-order valence-corrected chi connectivity index (χ0v) is 12.9. The first-order chi connectivity index (χ1) is 10.6. The van der Waals surface area contributed by atoms with E-state index in [2.05, 4.69) is 0 Å². The third-order valence-corrected chi connectivity index (χ3v) is 3.41. The van der Waals surface area contributed by atoms with Crippen molar-refractivity contribution in [3.63, 3.8) is 0 Å². The van der Waals surface area contributed by atoms with Gasteiger partial charge in [-0.25, -0.2) is 0 Å². The minimum atomic E-state index is -0.767. The second-order valence-electron chi connectivity index (χ2n) is 5.30. The summed E-state index contributed by atoms with van der Waals surface area (Å²) in [5.41, 5.74) is 0.966. The Bertz CT molecular complexity index is 473. The second-order valence-corrected chi connectivity index (χ2v) is 5.30. The Morgan fingerprint density at radius 2 is 2.14 bits per heavy atom. The summed E-state index contributed by atoms with van der Waals surface area (Å²) in [6.45, 7) is 3.20. The highest BCUT2D eigenvalue weighted by Crippen LogP contribution is 2.26. The molecule has 1 N–H and O–H groups in total. The molecule has 0 saturated carbocycles. The van der Waals surface area contributed by atoms with Gasteiger partial charge >= 0.3 is 5.97 Å². The third kappa shape index (κ3) is 5.63. The van der Waals surface area contributed by atoms with Crippen LogP contribution in [0.3, 0.4) is 0 Å². The molecule has 6 heteroatoms. The van der Waals surface area contributed by atoms with Crippen LogP contribution < -0.4 is 4.74 Å². The van der Waals surface area contributed by atoms with Gasteiger partial charge in [-0.3, -0.25) is 4.79 Å². The topological polar surface area (TPSA) is 68.2 Å². The van der Waals surface area contributed by atoms with E-state index in [-0.39, 0.29) is 12.7 Å². The van der Waals surface area contributed by atoms with Gasteiger partial charge in [-0.2, -0.15) is 0 Å². The Kier molecular flexibility index (Phi) is 6.64. The van der Waals surface area contributed by atoms with Crippen LogP contribution in [0.25, 0.3) is 0 Å². The maximum absolute atomic E-state index is 10.5. The monoisotopic (exact) mass is 309 g/mol. The number of rotatable bonds is 9. The van der Waals surface area contributed by atoms with Gasteiger partial charge in [0.1, 0.15) is 5.75 Å². The van der Waals surface area contributed by atoms with Crippen molar-refractivity contribution in [3.05, 3.63) is 29.8 Å². The van der Waals surface area contributed by atoms with E-state index < -0.39 is 5.97 Å². The van der Waals surface area contributed by atoms with Gasteiger partial charge in [0.15, 0.2) is 6.29 Å². The van der Waals surface area contributed by atoms with Crippen molar-refractivity contribution in [2.24, 2.45) is 0 Å². The molecule has 0 aromatic heterocycles. The molecule has 0 aliphatic carbocycles. The van der Waals surface area contributed by atoms with Crippen LogP contribution in [-0.2, 0) is 14.3 Å². The van der Waals surface area contributed by atoms with Gasteiger partial charge in [-0.1, -0.05) is 12.1 Å². The fourth-order valence-electron chi connectivity index (χ4n) is 2.22. The summed E-state index contributed by atoms with van der Waals surface area (Å²) in [5, 5.41) is 8.63. The second kappa shape index (κ2) is 8.73. The van der Waals surface area contributed by atoms with Gasteiger partial charge in [-0.05, 0) is 25.6 Å². The predicted molar refractivity (Wildman–Crippen MR) is 80.9 cm³/mol. The van der Waals surface area contributed by atoms with Crippen LogP contribution in [0.5, 0.6) is 5.75 Å². The zero-order valence-electron chi connectivity index (χ0n) is 12.9. The van der Waals surface area contributed by atoms with Crippen LogP contribution in [0.4, 0.5) is 0 Å². The molecular weight excluding hydrogens is 286 g/mol. The number of carboxylic acid groups (broad SMARTS) is 1. The Labute approximate surface area is 130 Å². The number of hydrogen-bond acceptors (Lipinski definition) is 5. The van der Waals surface area contributed by atoms with Crippen molar-refractivity contribution < 1.29 is 24.1 Å². The summed E-state index contributed by atoms with van der Waals surface area (Å²) in [7, 11) is 1.92. The maximum atomic E-state index is 10.5. The highest BCUT2D eigenvalue weighted by molar-refractivity contribution is 5.66. The highest BCUT2D eigenvalue weighted by Gasteiger charge is 2.18. The summed E-state index contributed by atoms with van der Waals surface area (Å²) < 4.78 is 16.7. The van der Waals surface area contributed by atoms with E-state index >= 15 is 0 Å². The number of carboxylic acids is 1. The number of carbonyl (C=O) groups is 1. The quantitative estimate of drug-likeness (QED) is 0.703. The molecule has 0 bridgehead atoms.